The predicted molar refractivity (Wildman–Crippen MR) is 152 cm³/mol. The van der Waals surface area contributed by atoms with Gasteiger partial charge in [0.15, 0.2) is 0 Å². The molecule has 0 bridgehead atoms. The van der Waals surface area contributed by atoms with Gasteiger partial charge in [-0.3, -0.25) is 9.35 Å². The van der Waals surface area contributed by atoms with Crippen LogP contribution in [0.1, 0.15) is 136 Å². The van der Waals surface area contributed by atoms with Crippen molar-refractivity contribution in [2.75, 3.05) is 5.75 Å². The van der Waals surface area contributed by atoms with Crippen LogP contribution in [0.15, 0.2) is 24.3 Å². The highest BCUT2D eigenvalue weighted by molar-refractivity contribution is 7.85. The van der Waals surface area contributed by atoms with Gasteiger partial charge in [0.1, 0.15) is 0 Å². The summed E-state index contributed by atoms with van der Waals surface area (Å²) in [7, 11) is -4.32. The molecule has 7 heteroatoms. The van der Waals surface area contributed by atoms with E-state index < -0.39 is 28.0 Å². The van der Waals surface area contributed by atoms with E-state index in [9.17, 15) is 22.9 Å². The Morgan fingerprint density at radius 3 is 1.69 bits per heavy atom. The number of aliphatic hydroxyl groups excluding tert-OH is 1. The van der Waals surface area contributed by atoms with Crippen molar-refractivity contribution < 1.29 is 22.9 Å². The molecule has 0 aliphatic rings. The molecule has 36 heavy (non-hydrogen) atoms. The molecular weight excluding hydrogens is 474 g/mol. The minimum Gasteiger partial charge on any atom is -0.387 e. The Balaban J connectivity index is 4.11. The quantitative estimate of drug-likeness (QED) is 0.0654. The molecule has 0 rings (SSSR count). The first kappa shape index (κ1) is 34.8. The first-order valence-electron chi connectivity index (χ1n) is 14.5. The van der Waals surface area contributed by atoms with Gasteiger partial charge in [-0.15, -0.1) is 0 Å². The number of carbonyl (C=O) groups excluding carboxylic acids is 1. The third kappa shape index (κ3) is 24.5. The molecule has 2 unspecified atom stereocenters. The average Bonchev–Trinajstić information content (AvgIpc) is 2.82. The molecular formula is C29H55NO5S. The number of aliphatic hydroxyl groups is 1. The van der Waals surface area contributed by atoms with Crippen LogP contribution in [0.4, 0.5) is 0 Å². The Morgan fingerprint density at radius 2 is 1.17 bits per heavy atom. The molecule has 0 aromatic rings. The first-order valence-corrected chi connectivity index (χ1v) is 16.1. The van der Waals surface area contributed by atoms with E-state index >= 15 is 0 Å². The summed E-state index contributed by atoms with van der Waals surface area (Å²) in [6.45, 7) is 4.41. The van der Waals surface area contributed by atoms with Crippen molar-refractivity contribution >= 4 is 16.0 Å². The van der Waals surface area contributed by atoms with E-state index in [1.165, 1.54) is 63.9 Å². The third-order valence-corrected chi connectivity index (χ3v) is 7.15. The van der Waals surface area contributed by atoms with Crippen LogP contribution in [0.3, 0.4) is 0 Å². The maximum atomic E-state index is 12.3. The zero-order valence-corrected chi connectivity index (χ0v) is 24.0. The molecule has 0 spiro atoms. The highest BCUT2D eigenvalue weighted by atomic mass is 32.2. The largest absolute Gasteiger partial charge is 0.387 e. The van der Waals surface area contributed by atoms with E-state index in [0.717, 1.165) is 57.8 Å². The van der Waals surface area contributed by atoms with Crippen molar-refractivity contribution in [2.45, 2.75) is 148 Å². The Kier molecular flexibility index (Phi) is 23.4. The van der Waals surface area contributed by atoms with Gasteiger partial charge in [-0.25, -0.2) is 0 Å². The molecule has 0 aliphatic heterocycles. The number of allylic oxidation sites excluding steroid dienone is 3. The van der Waals surface area contributed by atoms with Crippen LogP contribution in [-0.4, -0.2) is 41.9 Å². The van der Waals surface area contributed by atoms with Crippen LogP contribution in [0.2, 0.25) is 0 Å². The number of amides is 1. The van der Waals surface area contributed by atoms with E-state index in [1.54, 1.807) is 0 Å². The Morgan fingerprint density at radius 1 is 0.722 bits per heavy atom. The van der Waals surface area contributed by atoms with Crippen LogP contribution in [0, 0.1) is 0 Å². The molecule has 0 radical (unpaired) electrons. The van der Waals surface area contributed by atoms with Gasteiger partial charge < -0.3 is 10.4 Å². The summed E-state index contributed by atoms with van der Waals surface area (Å²) in [6, 6.07) is -1.05. The lowest BCUT2D eigenvalue weighted by atomic mass is 10.1. The van der Waals surface area contributed by atoms with Crippen molar-refractivity contribution in [2.24, 2.45) is 0 Å². The van der Waals surface area contributed by atoms with Crippen molar-refractivity contribution in [3.05, 3.63) is 24.3 Å². The fraction of sp³-hybridized carbons (Fsp3) is 0.828. The lowest BCUT2D eigenvalue weighted by Gasteiger charge is -2.21. The van der Waals surface area contributed by atoms with Crippen molar-refractivity contribution in [1.82, 2.24) is 5.32 Å². The van der Waals surface area contributed by atoms with Crippen molar-refractivity contribution in [3.63, 3.8) is 0 Å². The van der Waals surface area contributed by atoms with E-state index in [4.69, 9.17) is 0 Å². The molecule has 0 aromatic heterocycles. The standard InChI is InChI=1S/C29H55NO5S/c1-3-5-7-9-11-13-14-15-16-17-19-21-23-25-29(32)30-27(26-36(33,34)35)28(31)24-22-20-18-12-10-8-6-4-2/h13-14,22,24,27-28,31H,3-12,15-21,23,25-26H2,1-2H3,(H,30,32)(H,33,34,35)/b14-13-,24-22+. The summed E-state index contributed by atoms with van der Waals surface area (Å²) in [5.74, 6) is -0.994. The molecule has 212 valence electrons. The molecule has 0 heterocycles. The topological polar surface area (TPSA) is 104 Å². The monoisotopic (exact) mass is 529 g/mol. The summed E-state index contributed by atoms with van der Waals surface area (Å²) < 4.78 is 32.0. The molecule has 0 aromatic carbocycles. The van der Waals surface area contributed by atoms with Crippen LogP contribution in [0.5, 0.6) is 0 Å². The van der Waals surface area contributed by atoms with Gasteiger partial charge in [-0.05, 0) is 44.9 Å². The molecule has 6 nitrogen and oxygen atoms in total. The average molecular weight is 530 g/mol. The summed E-state index contributed by atoms with van der Waals surface area (Å²) >= 11 is 0. The highest BCUT2D eigenvalue weighted by Gasteiger charge is 2.24. The number of hydrogen-bond donors (Lipinski definition) is 3. The lowest BCUT2D eigenvalue weighted by Crippen LogP contribution is -2.46. The van der Waals surface area contributed by atoms with Gasteiger partial charge in [-0.1, -0.05) is 109 Å². The maximum absolute atomic E-state index is 12.3. The van der Waals surface area contributed by atoms with Crippen LogP contribution in [0.25, 0.3) is 0 Å². The summed E-state index contributed by atoms with van der Waals surface area (Å²) in [5.41, 5.74) is 0. The number of carbonyl (C=O) groups is 1. The highest BCUT2D eigenvalue weighted by Crippen LogP contribution is 2.11. The summed E-state index contributed by atoms with van der Waals surface area (Å²) in [6.07, 6.45) is 27.4. The normalized spacial score (nSPS) is 14.0. The molecule has 0 saturated heterocycles. The van der Waals surface area contributed by atoms with Crippen molar-refractivity contribution in [1.29, 1.82) is 0 Å². The van der Waals surface area contributed by atoms with Gasteiger partial charge in [0.05, 0.1) is 17.9 Å². The fourth-order valence-corrected chi connectivity index (χ4v) is 4.88. The van der Waals surface area contributed by atoms with E-state index in [2.05, 4.69) is 31.3 Å². The number of nitrogens with one attached hydrogen (secondary N) is 1. The first-order chi connectivity index (χ1) is 17.3. The van der Waals surface area contributed by atoms with Crippen LogP contribution in [-0.2, 0) is 14.9 Å². The molecule has 3 N–H and O–H groups in total. The van der Waals surface area contributed by atoms with E-state index in [-0.39, 0.29) is 12.3 Å². The zero-order valence-electron chi connectivity index (χ0n) is 23.1. The van der Waals surface area contributed by atoms with Gasteiger partial charge in [0.25, 0.3) is 10.1 Å². The number of hydrogen-bond acceptors (Lipinski definition) is 4. The zero-order chi connectivity index (χ0) is 26.9. The molecule has 2 atom stereocenters. The molecule has 0 fully saturated rings. The summed E-state index contributed by atoms with van der Waals surface area (Å²) in [4.78, 5) is 12.3. The van der Waals surface area contributed by atoms with Crippen LogP contribution < -0.4 is 5.32 Å². The Labute approximate surface area is 222 Å². The van der Waals surface area contributed by atoms with Crippen LogP contribution >= 0.6 is 0 Å². The fourth-order valence-electron chi connectivity index (χ4n) is 4.15. The van der Waals surface area contributed by atoms with Gasteiger partial charge in [0, 0.05) is 6.42 Å². The Hall–Kier alpha value is -1.18. The van der Waals surface area contributed by atoms with Gasteiger partial charge in [-0.2, -0.15) is 8.42 Å². The summed E-state index contributed by atoms with van der Waals surface area (Å²) in [5, 5.41) is 13.0. The van der Waals surface area contributed by atoms with Gasteiger partial charge >= 0.3 is 0 Å². The lowest BCUT2D eigenvalue weighted by molar-refractivity contribution is -0.122. The second-order valence-electron chi connectivity index (χ2n) is 10.0. The molecule has 0 aliphatic carbocycles. The third-order valence-electron chi connectivity index (χ3n) is 6.37. The van der Waals surface area contributed by atoms with Crippen molar-refractivity contribution in [3.8, 4) is 0 Å². The SMILES string of the molecule is CCCCCC/C=C\CCCCCCCC(=O)NC(CS(=O)(=O)O)C(O)/C=C/CCCCCCCC. The second kappa shape index (κ2) is 24.2. The molecule has 1 amide bonds. The maximum Gasteiger partial charge on any atom is 0.267 e. The minimum atomic E-state index is -4.32. The van der Waals surface area contributed by atoms with E-state index in [0.29, 0.717) is 0 Å². The predicted octanol–water partition coefficient (Wildman–Crippen LogP) is 7.28. The van der Waals surface area contributed by atoms with E-state index in [1.807, 2.05) is 6.08 Å². The molecule has 0 saturated carbocycles. The van der Waals surface area contributed by atoms with Gasteiger partial charge in [0.2, 0.25) is 5.91 Å². The second-order valence-corrected chi connectivity index (χ2v) is 11.5. The Bertz CT molecular complexity index is 675. The number of unbranched alkanes of at least 4 members (excludes halogenated alkanes) is 15. The number of rotatable bonds is 25. The smallest absolute Gasteiger partial charge is 0.267 e. The minimum absolute atomic E-state index is 0.286.